The maximum atomic E-state index is 10.9. The first-order valence-electron chi connectivity index (χ1n) is 4.48. The third-order valence-corrected chi connectivity index (χ3v) is 2.86. The van der Waals surface area contributed by atoms with Crippen LogP contribution in [0.5, 0.6) is 0 Å². The molecule has 0 aliphatic rings. The second-order valence-corrected chi connectivity index (χ2v) is 4.55. The molecule has 1 N–H and O–H groups in total. The predicted octanol–water partition coefficient (Wildman–Crippen LogP) is -7.20. The molecule has 1 radical (unpaired) electrons. The van der Waals surface area contributed by atoms with Gasteiger partial charge in [0.05, 0.1) is 0 Å². The van der Waals surface area contributed by atoms with Crippen LogP contribution in [0, 0.1) is 6.07 Å². The van der Waals surface area contributed by atoms with Crippen LogP contribution in [-0.2, 0) is 30.2 Å². The number of hydrogen-bond donors (Lipinski definition) is 1. The third kappa shape index (κ3) is 7.97. The summed E-state index contributed by atoms with van der Waals surface area (Å²) in [5.41, 5.74) is 1.13. The van der Waals surface area contributed by atoms with Crippen LogP contribution in [0.25, 0.3) is 11.3 Å². The van der Waals surface area contributed by atoms with Crippen molar-refractivity contribution in [3.05, 3.63) is 48.7 Å². The van der Waals surface area contributed by atoms with Crippen LogP contribution in [-0.4, -0.2) is 18.0 Å². The van der Waals surface area contributed by atoms with E-state index in [4.69, 9.17) is 4.55 Å². The molecule has 0 bridgehead atoms. The van der Waals surface area contributed by atoms with E-state index in [9.17, 15) is 8.42 Å². The molecule has 91 valence electrons. The molecule has 0 fully saturated rings. The van der Waals surface area contributed by atoms with E-state index < -0.39 is 10.1 Å². The third-order valence-electron chi connectivity index (χ3n) is 2.01. The van der Waals surface area contributed by atoms with Gasteiger partial charge in [-0.3, -0.25) is 4.55 Å². The van der Waals surface area contributed by atoms with Gasteiger partial charge in [-0.05, 0) is 11.8 Å². The summed E-state index contributed by atoms with van der Waals surface area (Å²) in [6.45, 7) is 0. The normalized spacial score (nSPS) is 9.05. The zero-order valence-electron chi connectivity index (χ0n) is 11.5. The van der Waals surface area contributed by atoms with Crippen molar-refractivity contribution in [2.75, 3.05) is 0 Å². The van der Waals surface area contributed by atoms with Crippen LogP contribution in [0.2, 0.25) is 0 Å². The number of benzene rings is 1. The molecule has 2 aromatic rings. The molecule has 0 atom stereocenters. The molecular weight excluding hydrogens is 487 g/mol. The van der Waals surface area contributed by atoms with E-state index in [0.29, 0.717) is 11.3 Å². The van der Waals surface area contributed by atoms with E-state index in [1.807, 2.05) is 0 Å². The molecule has 0 amide bonds. The fraction of sp³-hybridized carbons (Fsp3) is 0. The summed E-state index contributed by atoms with van der Waals surface area (Å²) in [6.07, 6.45) is 1.60. The summed E-state index contributed by atoms with van der Waals surface area (Å²) in [4.78, 5) is 3.90. The van der Waals surface area contributed by atoms with Gasteiger partial charge in [-0.15, -0.1) is 29.8 Å². The van der Waals surface area contributed by atoms with E-state index >= 15 is 0 Å². The van der Waals surface area contributed by atoms with Gasteiger partial charge in [0, 0.05) is 31.2 Å². The molecule has 0 aliphatic heterocycles. The number of hydrogen-bond acceptors (Lipinski definition) is 3. The zero-order chi connectivity index (χ0) is 11.6. The molecule has 0 unspecified atom stereocenters. The summed E-state index contributed by atoms with van der Waals surface area (Å²) < 4.78 is 30.8. The average Bonchev–Trinajstić information content (AvgIpc) is 2.29. The van der Waals surface area contributed by atoms with Crippen molar-refractivity contribution in [2.24, 2.45) is 0 Å². The Balaban J connectivity index is -0.000000722. The van der Waals surface area contributed by atoms with Gasteiger partial charge in [-0.1, -0.05) is 12.1 Å². The van der Waals surface area contributed by atoms with Gasteiger partial charge in [0.2, 0.25) is 0 Å². The topological polar surface area (TPSA) is 67.3 Å². The summed E-state index contributed by atoms with van der Waals surface area (Å²) in [7, 11) is -4.18. The summed E-state index contributed by atoms with van der Waals surface area (Å²) >= 11 is 0. The first-order valence-corrected chi connectivity index (χ1v) is 5.92. The van der Waals surface area contributed by atoms with Crippen LogP contribution in [0.15, 0.2) is 47.5 Å². The van der Waals surface area contributed by atoms with Crippen LogP contribution in [0.4, 0.5) is 0 Å². The minimum absolute atomic E-state index is 0. The number of rotatable bonds is 2. The quantitative estimate of drug-likeness (QED) is 0.256. The predicted molar refractivity (Wildman–Crippen MR) is 58.3 cm³/mol. The molecule has 4 nitrogen and oxygen atoms in total. The molecule has 0 aliphatic carbocycles. The van der Waals surface area contributed by atoms with Gasteiger partial charge >= 0.3 is 88.7 Å². The number of aromatic nitrogens is 1. The van der Waals surface area contributed by atoms with Crippen LogP contribution in [0.3, 0.4) is 0 Å². The Morgan fingerprint density at radius 2 is 1.75 bits per heavy atom. The standard InChI is InChI=1S/C11H8NO3S.Ir.3Na/c13-16(14,15)10-5-3-4-9(8-10)11-6-1-2-7-12-11;;;;/h1-3,5-8H,(H,13,14,15);;;;/q-1;;3*+1. The van der Waals surface area contributed by atoms with Gasteiger partial charge in [0.25, 0.3) is 10.1 Å². The zero-order valence-corrected chi connectivity index (χ0v) is 20.7. The molecule has 0 spiro atoms. The Labute approximate surface area is 198 Å². The summed E-state index contributed by atoms with van der Waals surface area (Å²) in [5.74, 6) is 0. The van der Waals surface area contributed by atoms with E-state index in [1.54, 1.807) is 24.4 Å². The molecule has 9 heteroatoms. The Morgan fingerprint density at radius 3 is 2.25 bits per heavy atom. The second-order valence-electron chi connectivity index (χ2n) is 3.13. The summed E-state index contributed by atoms with van der Waals surface area (Å²) in [5, 5.41) is 0. The number of pyridine rings is 1. The fourth-order valence-corrected chi connectivity index (χ4v) is 1.78. The molecule has 1 aromatic heterocycles. The van der Waals surface area contributed by atoms with Crippen LogP contribution >= 0.6 is 0 Å². The monoisotopic (exact) mass is 496 g/mol. The van der Waals surface area contributed by atoms with E-state index in [0.717, 1.165) is 0 Å². The second kappa shape index (κ2) is 12.4. The van der Waals surface area contributed by atoms with Gasteiger partial charge in [-0.25, -0.2) is 0 Å². The minimum Gasteiger partial charge on any atom is -0.305 e. The van der Waals surface area contributed by atoms with Crippen molar-refractivity contribution in [3.63, 3.8) is 0 Å². The largest absolute Gasteiger partial charge is 1.00 e. The minimum atomic E-state index is -4.18. The van der Waals surface area contributed by atoms with Crippen LogP contribution < -0.4 is 88.7 Å². The van der Waals surface area contributed by atoms with Crippen molar-refractivity contribution < 1.29 is 122 Å². The molecule has 1 heterocycles. The SMILES string of the molecule is O=S(=O)(O)c1cc[c-]c(-c2ccccn2)c1.[Ir].[Na+].[Na+].[Na+]. The molecular formula is C11H8IrNNa3O3S+2. The maximum absolute atomic E-state index is 10.9. The van der Waals surface area contributed by atoms with E-state index in [2.05, 4.69) is 11.1 Å². The average molecular weight is 495 g/mol. The van der Waals surface area contributed by atoms with Crippen LogP contribution in [0.1, 0.15) is 0 Å². The molecule has 1 aromatic carbocycles. The number of nitrogens with zero attached hydrogens (tertiary/aromatic N) is 1. The van der Waals surface area contributed by atoms with E-state index in [-0.39, 0.29) is 114 Å². The van der Waals surface area contributed by atoms with Gasteiger partial charge in [-0.2, -0.15) is 8.42 Å². The maximum Gasteiger partial charge on any atom is 1.00 e. The molecule has 20 heavy (non-hydrogen) atoms. The molecule has 0 saturated carbocycles. The Hall–Kier alpha value is 1.93. The Morgan fingerprint density at radius 1 is 1.10 bits per heavy atom. The fourth-order valence-electron chi connectivity index (χ4n) is 1.28. The molecule has 2 rings (SSSR count). The van der Waals surface area contributed by atoms with Gasteiger partial charge < -0.3 is 4.98 Å². The van der Waals surface area contributed by atoms with Crippen molar-refractivity contribution >= 4 is 10.1 Å². The van der Waals surface area contributed by atoms with E-state index in [1.165, 1.54) is 18.2 Å². The van der Waals surface area contributed by atoms with Gasteiger partial charge in [0.1, 0.15) is 0 Å². The smallest absolute Gasteiger partial charge is 0.305 e. The summed E-state index contributed by atoms with van der Waals surface area (Å²) in [6, 6.07) is 12.2. The Bertz CT molecular complexity index is 611. The van der Waals surface area contributed by atoms with Gasteiger partial charge in [0.15, 0.2) is 0 Å². The van der Waals surface area contributed by atoms with Crippen molar-refractivity contribution in [2.45, 2.75) is 4.90 Å². The Kier molecular flexibility index (Phi) is 16.6. The first kappa shape index (κ1) is 26.8. The van der Waals surface area contributed by atoms with Crippen molar-refractivity contribution in [1.29, 1.82) is 0 Å². The first-order chi connectivity index (χ1) is 7.57. The van der Waals surface area contributed by atoms with Crippen molar-refractivity contribution in [1.82, 2.24) is 4.98 Å². The van der Waals surface area contributed by atoms with Crippen molar-refractivity contribution in [3.8, 4) is 11.3 Å². The molecule has 0 saturated heterocycles.